The van der Waals surface area contributed by atoms with Gasteiger partial charge in [-0.3, -0.25) is 4.90 Å². The van der Waals surface area contributed by atoms with Gasteiger partial charge in [-0.1, -0.05) is 0 Å². The van der Waals surface area contributed by atoms with Crippen LogP contribution in [0.3, 0.4) is 0 Å². The molecule has 0 N–H and O–H groups in total. The van der Waals surface area contributed by atoms with Gasteiger partial charge in [0.05, 0.1) is 6.61 Å². The third-order valence-electron chi connectivity index (χ3n) is 3.59. The monoisotopic (exact) mass is 270 g/mol. The van der Waals surface area contributed by atoms with Crippen LogP contribution in [0.25, 0.3) is 0 Å². The Hall–Kier alpha value is -0.810. The zero-order chi connectivity index (χ0) is 13.9. The fourth-order valence-corrected chi connectivity index (χ4v) is 2.66. The first kappa shape index (κ1) is 14.6. The topological polar surface area (TPSA) is 42.0 Å². The molecule has 5 heteroatoms. The molecule has 1 amide bonds. The predicted molar refractivity (Wildman–Crippen MR) is 73.2 cm³/mol. The molecule has 2 aliphatic heterocycles. The van der Waals surface area contributed by atoms with Crippen molar-refractivity contribution in [3.05, 3.63) is 0 Å². The van der Waals surface area contributed by atoms with Crippen molar-refractivity contribution in [3.8, 4) is 0 Å². The molecular formula is C14H26N2O3. The number of carbonyl (C=O) groups excluding carboxylic acids is 1. The number of carbonyl (C=O) groups is 1. The van der Waals surface area contributed by atoms with E-state index in [2.05, 4.69) is 4.90 Å². The van der Waals surface area contributed by atoms with Gasteiger partial charge in [-0.2, -0.15) is 0 Å². The maximum Gasteiger partial charge on any atom is 0.410 e. The Morgan fingerprint density at radius 1 is 1.21 bits per heavy atom. The Bertz CT molecular complexity index is 306. The summed E-state index contributed by atoms with van der Waals surface area (Å²) in [5.74, 6) is 0. The zero-order valence-corrected chi connectivity index (χ0v) is 12.4. The van der Waals surface area contributed by atoms with Crippen LogP contribution in [-0.2, 0) is 9.47 Å². The van der Waals surface area contributed by atoms with Crippen LogP contribution in [0.4, 0.5) is 4.79 Å². The van der Waals surface area contributed by atoms with Crippen LogP contribution in [0.15, 0.2) is 0 Å². The molecular weight excluding hydrogens is 244 g/mol. The van der Waals surface area contributed by atoms with Crippen molar-refractivity contribution >= 4 is 6.09 Å². The molecule has 1 atom stereocenters. The zero-order valence-electron chi connectivity index (χ0n) is 12.4. The Kier molecular flexibility index (Phi) is 4.68. The number of hydrogen-bond donors (Lipinski definition) is 0. The summed E-state index contributed by atoms with van der Waals surface area (Å²) in [7, 11) is 0. The summed E-state index contributed by atoms with van der Waals surface area (Å²) in [5, 5.41) is 0. The molecule has 0 aliphatic carbocycles. The SMILES string of the molecule is CC(C)(C)OC(=O)N1CCC(N2CCCOCC2)C1. The molecule has 1 unspecified atom stereocenters. The van der Waals surface area contributed by atoms with Crippen molar-refractivity contribution in [2.75, 3.05) is 39.4 Å². The van der Waals surface area contributed by atoms with E-state index < -0.39 is 5.60 Å². The molecule has 2 aliphatic rings. The van der Waals surface area contributed by atoms with Gasteiger partial charge >= 0.3 is 6.09 Å². The molecule has 2 fully saturated rings. The summed E-state index contributed by atoms with van der Waals surface area (Å²) in [6.07, 6.45) is 1.95. The van der Waals surface area contributed by atoms with Crippen LogP contribution < -0.4 is 0 Å². The third kappa shape index (κ3) is 4.35. The van der Waals surface area contributed by atoms with Gasteiger partial charge in [0.1, 0.15) is 5.60 Å². The summed E-state index contributed by atoms with van der Waals surface area (Å²) < 4.78 is 10.9. The Morgan fingerprint density at radius 3 is 2.74 bits per heavy atom. The fraction of sp³-hybridized carbons (Fsp3) is 0.929. The van der Waals surface area contributed by atoms with Crippen molar-refractivity contribution in [1.82, 2.24) is 9.80 Å². The van der Waals surface area contributed by atoms with Crippen LogP contribution in [0, 0.1) is 0 Å². The molecule has 0 saturated carbocycles. The van der Waals surface area contributed by atoms with E-state index in [1.165, 1.54) is 0 Å². The molecule has 2 rings (SSSR count). The number of amides is 1. The molecule has 2 saturated heterocycles. The van der Waals surface area contributed by atoms with E-state index in [-0.39, 0.29) is 6.09 Å². The second-order valence-electron chi connectivity index (χ2n) is 6.37. The average Bonchev–Trinajstić information content (AvgIpc) is 2.64. The summed E-state index contributed by atoms with van der Waals surface area (Å²) in [5.41, 5.74) is -0.411. The van der Waals surface area contributed by atoms with E-state index in [0.29, 0.717) is 6.04 Å². The molecule has 0 radical (unpaired) electrons. The van der Waals surface area contributed by atoms with Gasteiger partial charge in [-0.25, -0.2) is 4.79 Å². The van der Waals surface area contributed by atoms with Gasteiger partial charge in [-0.05, 0) is 33.6 Å². The highest BCUT2D eigenvalue weighted by atomic mass is 16.6. The minimum absolute atomic E-state index is 0.180. The van der Waals surface area contributed by atoms with Crippen LogP contribution in [0.5, 0.6) is 0 Å². The summed E-state index contributed by atoms with van der Waals surface area (Å²) in [6.45, 7) is 11.0. The lowest BCUT2D eigenvalue weighted by Crippen LogP contribution is -2.41. The van der Waals surface area contributed by atoms with E-state index >= 15 is 0 Å². The summed E-state index contributed by atoms with van der Waals surface area (Å²) in [4.78, 5) is 16.3. The highest BCUT2D eigenvalue weighted by Crippen LogP contribution is 2.19. The number of likely N-dealkylation sites (tertiary alicyclic amines) is 1. The Morgan fingerprint density at radius 2 is 2.00 bits per heavy atom. The van der Waals surface area contributed by atoms with Crippen LogP contribution >= 0.6 is 0 Å². The second-order valence-corrected chi connectivity index (χ2v) is 6.37. The largest absolute Gasteiger partial charge is 0.444 e. The van der Waals surface area contributed by atoms with Crippen LogP contribution in [0.1, 0.15) is 33.6 Å². The molecule has 0 bridgehead atoms. The quantitative estimate of drug-likeness (QED) is 0.727. The number of ether oxygens (including phenoxy) is 2. The highest BCUT2D eigenvalue weighted by Gasteiger charge is 2.32. The molecule has 0 spiro atoms. The Balaban J connectivity index is 1.83. The van der Waals surface area contributed by atoms with Gasteiger partial charge in [0.2, 0.25) is 0 Å². The standard InChI is InChI=1S/C14H26N2O3/c1-14(2,3)19-13(17)16-7-5-12(11-16)15-6-4-9-18-10-8-15/h12H,4-11H2,1-3H3. The van der Waals surface area contributed by atoms with E-state index in [1.54, 1.807) is 0 Å². The lowest BCUT2D eigenvalue weighted by molar-refractivity contribution is 0.0279. The smallest absolute Gasteiger partial charge is 0.410 e. The number of hydrogen-bond acceptors (Lipinski definition) is 4. The van der Waals surface area contributed by atoms with Gasteiger partial charge < -0.3 is 14.4 Å². The summed E-state index contributed by atoms with van der Waals surface area (Å²) in [6, 6.07) is 0.467. The maximum absolute atomic E-state index is 12.0. The second kappa shape index (κ2) is 6.09. The normalized spacial score (nSPS) is 26.3. The lowest BCUT2D eigenvalue weighted by atomic mass is 10.2. The predicted octanol–water partition coefficient (Wildman–Crippen LogP) is 1.72. The highest BCUT2D eigenvalue weighted by molar-refractivity contribution is 5.68. The van der Waals surface area contributed by atoms with Gasteiger partial charge in [0.25, 0.3) is 0 Å². The summed E-state index contributed by atoms with van der Waals surface area (Å²) >= 11 is 0. The lowest BCUT2D eigenvalue weighted by Gasteiger charge is -2.28. The number of rotatable bonds is 1. The van der Waals surface area contributed by atoms with Crippen LogP contribution in [0.2, 0.25) is 0 Å². The number of nitrogens with zero attached hydrogens (tertiary/aromatic N) is 2. The van der Waals surface area contributed by atoms with E-state index in [0.717, 1.165) is 52.2 Å². The molecule has 110 valence electrons. The van der Waals surface area contributed by atoms with Gasteiger partial charge in [-0.15, -0.1) is 0 Å². The van der Waals surface area contributed by atoms with Crippen molar-refractivity contribution in [2.45, 2.75) is 45.3 Å². The van der Waals surface area contributed by atoms with Crippen molar-refractivity contribution in [1.29, 1.82) is 0 Å². The molecule has 0 aromatic carbocycles. The molecule has 0 aromatic rings. The molecule has 2 heterocycles. The van der Waals surface area contributed by atoms with Crippen molar-refractivity contribution in [3.63, 3.8) is 0 Å². The molecule has 0 aromatic heterocycles. The van der Waals surface area contributed by atoms with Crippen molar-refractivity contribution in [2.24, 2.45) is 0 Å². The van der Waals surface area contributed by atoms with Gasteiger partial charge in [0.15, 0.2) is 0 Å². The minimum atomic E-state index is -0.411. The van der Waals surface area contributed by atoms with Crippen molar-refractivity contribution < 1.29 is 14.3 Å². The first-order chi connectivity index (χ1) is 8.96. The first-order valence-electron chi connectivity index (χ1n) is 7.25. The molecule has 19 heavy (non-hydrogen) atoms. The average molecular weight is 270 g/mol. The van der Waals surface area contributed by atoms with E-state index in [9.17, 15) is 4.79 Å². The third-order valence-corrected chi connectivity index (χ3v) is 3.59. The first-order valence-corrected chi connectivity index (χ1v) is 7.25. The minimum Gasteiger partial charge on any atom is -0.444 e. The Labute approximate surface area is 115 Å². The van der Waals surface area contributed by atoms with Gasteiger partial charge in [0, 0.05) is 38.8 Å². The molecule has 5 nitrogen and oxygen atoms in total. The van der Waals surface area contributed by atoms with E-state index in [1.807, 2.05) is 25.7 Å². The van der Waals surface area contributed by atoms with E-state index in [4.69, 9.17) is 9.47 Å². The fourth-order valence-electron chi connectivity index (χ4n) is 2.66. The maximum atomic E-state index is 12.0. The van der Waals surface area contributed by atoms with Crippen LogP contribution in [-0.4, -0.2) is 66.9 Å².